The quantitative estimate of drug-likeness (QED) is 0.861. The second kappa shape index (κ2) is 6.65. The van der Waals surface area contributed by atoms with E-state index in [-0.39, 0.29) is 6.10 Å². The van der Waals surface area contributed by atoms with Crippen molar-refractivity contribution in [3.63, 3.8) is 0 Å². The maximum atomic E-state index is 9.55. The second-order valence-corrected chi connectivity index (χ2v) is 4.91. The van der Waals surface area contributed by atoms with E-state index in [0.717, 1.165) is 5.56 Å². The summed E-state index contributed by atoms with van der Waals surface area (Å²) >= 11 is 5.93. The average Bonchev–Trinajstić information content (AvgIpc) is 2.84. The minimum atomic E-state index is -0.964. The lowest BCUT2D eigenvalue weighted by Crippen LogP contribution is -2.14. The first-order chi connectivity index (χ1) is 9.54. The Labute approximate surface area is 122 Å². The van der Waals surface area contributed by atoms with Crippen molar-refractivity contribution in [3.05, 3.63) is 41.7 Å². The van der Waals surface area contributed by atoms with Gasteiger partial charge < -0.3 is 9.84 Å². The third-order valence-electron chi connectivity index (χ3n) is 2.41. The van der Waals surface area contributed by atoms with E-state index in [1.54, 1.807) is 24.7 Å². The molecule has 2 aromatic rings. The SMILES string of the molecule is CC(C)OC(O)/C=C/n1cnc(-c2cccc(Cl)c2)n1. The van der Waals surface area contributed by atoms with Crippen molar-refractivity contribution >= 4 is 17.8 Å². The van der Waals surface area contributed by atoms with E-state index in [4.69, 9.17) is 16.3 Å². The summed E-state index contributed by atoms with van der Waals surface area (Å²) in [7, 11) is 0. The molecule has 2 rings (SSSR count). The first kappa shape index (κ1) is 14.7. The molecule has 20 heavy (non-hydrogen) atoms. The Morgan fingerprint density at radius 3 is 2.90 bits per heavy atom. The van der Waals surface area contributed by atoms with Gasteiger partial charge in [0.15, 0.2) is 12.1 Å². The number of hydrogen-bond donors (Lipinski definition) is 1. The van der Waals surface area contributed by atoms with Crippen molar-refractivity contribution in [3.8, 4) is 11.4 Å². The fraction of sp³-hybridized carbons (Fsp3) is 0.286. The van der Waals surface area contributed by atoms with E-state index in [0.29, 0.717) is 10.8 Å². The first-order valence-electron chi connectivity index (χ1n) is 6.23. The summed E-state index contributed by atoms with van der Waals surface area (Å²) in [6, 6.07) is 7.31. The summed E-state index contributed by atoms with van der Waals surface area (Å²) in [6.45, 7) is 3.70. The van der Waals surface area contributed by atoms with Gasteiger partial charge in [0.05, 0.1) is 6.10 Å². The van der Waals surface area contributed by atoms with Crippen LogP contribution in [0.25, 0.3) is 17.6 Å². The largest absolute Gasteiger partial charge is 0.365 e. The van der Waals surface area contributed by atoms with Gasteiger partial charge in [0.2, 0.25) is 0 Å². The number of nitrogens with zero attached hydrogens (tertiary/aromatic N) is 3. The summed E-state index contributed by atoms with van der Waals surface area (Å²) < 4.78 is 6.67. The van der Waals surface area contributed by atoms with Crippen LogP contribution in [0.1, 0.15) is 13.8 Å². The number of aliphatic hydroxyl groups is 1. The fourth-order valence-corrected chi connectivity index (χ4v) is 1.78. The third-order valence-corrected chi connectivity index (χ3v) is 2.64. The lowest BCUT2D eigenvalue weighted by molar-refractivity contribution is -0.0921. The summed E-state index contributed by atoms with van der Waals surface area (Å²) in [5, 5.41) is 14.5. The van der Waals surface area contributed by atoms with E-state index in [1.165, 1.54) is 10.8 Å². The van der Waals surface area contributed by atoms with Gasteiger partial charge in [0, 0.05) is 16.8 Å². The lowest BCUT2D eigenvalue weighted by atomic mass is 10.2. The molecular weight excluding hydrogens is 278 g/mol. The van der Waals surface area contributed by atoms with Crippen LogP contribution in [0, 0.1) is 0 Å². The fourth-order valence-electron chi connectivity index (χ4n) is 1.59. The third kappa shape index (κ3) is 4.16. The molecule has 0 saturated carbocycles. The smallest absolute Gasteiger partial charge is 0.181 e. The predicted octanol–water partition coefficient (Wildman–Crippen LogP) is 2.81. The number of hydrogen-bond acceptors (Lipinski definition) is 4. The zero-order chi connectivity index (χ0) is 14.5. The predicted molar refractivity (Wildman–Crippen MR) is 78.0 cm³/mol. The van der Waals surface area contributed by atoms with Gasteiger partial charge in [-0.05, 0) is 32.1 Å². The summed E-state index contributed by atoms with van der Waals surface area (Å²) in [6.07, 6.45) is 3.63. The number of aromatic nitrogens is 3. The second-order valence-electron chi connectivity index (χ2n) is 4.48. The van der Waals surface area contributed by atoms with E-state index in [1.807, 2.05) is 26.0 Å². The van der Waals surface area contributed by atoms with Crippen molar-refractivity contribution in [1.82, 2.24) is 14.8 Å². The van der Waals surface area contributed by atoms with Crippen LogP contribution < -0.4 is 0 Å². The number of aliphatic hydroxyl groups excluding tert-OH is 1. The molecule has 0 aliphatic heterocycles. The Bertz CT molecular complexity index is 596. The molecule has 0 amide bonds. The molecule has 106 valence electrons. The number of ether oxygens (including phenoxy) is 1. The van der Waals surface area contributed by atoms with Gasteiger partial charge in [0.25, 0.3) is 0 Å². The molecule has 0 aliphatic carbocycles. The Hall–Kier alpha value is -1.69. The number of halogens is 1. The molecule has 1 unspecified atom stereocenters. The van der Waals surface area contributed by atoms with Gasteiger partial charge in [-0.3, -0.25) is 0 Å². The zero-order valence-electron chi connectivity index (χ0n) is 11.3. The Kier molecular flexibility index (Phi) is 4.89. The lowest BCUT2D eigenvalue weighted by Gasteiger charge is -2.10. The average molecular weight is 294 g/mol. The highest BCUT2D eigenvalue weighted by molar-refractivity contribution is 6.30. The minimum absolute atomic E-state index is 0.0487. The molecule has 6 heteroatoms. The Morgan fingerprint density at radius 2 is 2.20 bits per heavy atom. The summed E-state index contributed by atoms with van der Waals surface area (Å²) in [5.74, 6) is 0.566. The van der Waals surface area contributed by atoms with E-state index in [2.05, 4.69) is 10.1 Å². The highest BCUT2D eigenvalue weighted by Crippen LogP contribution is 2.18. The van der Waals surface area contributed by atoms with Crippen LogP contribution in [-0.4, -0.2) is 32.3 Å². The molecular formula is C14H16ClN3O2. The van der Waals surface area contributed by atoms with Crippen molar-refractivity contribution < 1.29 is 9.84 Å². The number of benzene rings is 1. The Morgan fingerprint density at radius 1 is 1.40 bits per heavy atom. The van der Waals surface area contributed by atoms with Gasteiger partial charge >= 0.3 is 0 Å². The first-order valence-corrected chi connectivity index (χ1v) is 6.61. The van der Waals surface area contributed by atoms with Gasteiger partial charge in [-0.15, -0.1) is 5.10 Å². The summed E-state index contributed by atoms with van der Waals surface area (Å²) in [4.78, 5) is 4.19. The van der Waals surface area contributed by atoms with Crippen molar-refractivity contribution in [2.75, 3.05) is 0 Å². The van der Waals surface area contributed by atoms with Crippen molar-refractivity contribution in [1.29, 1.82) is 0 Å². The van der Waals surface area contributed by atoms with Crippen LogP contribution >= 0.6 is 11.6 Å². The molecule has 1 heterocycles. The highest BCUT2D eigenvalue weighted by Gasteiger charge is 2.05. The monoisotopic (exact) mass is 293 g/mol. The van der Waals surface area contributed by atoms with Gasteiger partial charge in [-0.2, -0.15) is 0 Å². The molecule has 1 aromatic carbocycles. The van der Waals surface area contributed by atoms with Gasteiger partial charge in [-0.1, -0.05) is 23.7 Å². The standard InChI is InChI=1S/C14H16ClN3O2/c1-10(2)20-13(19)6-7-18-9-16-14(17-18)11-4-3-5-12(15)8-11/h3-10,13,19H,1-2H3/b7-6+. The van der Waals surface area contributed by atoms with E-state index < -0.39 is 6.29 Å². The molecule has 0 bridgehead atoms. The highest BCUT2D eigenvalue weighted by atomic mass is 35.5. The topological polar surface area (TPSA) is 60.2 Å². The summed E-state index contributed by atoms with van der Waals surface area (Å²) in [5.41, 5.74) is 0.837. The molecule has 1 atom stereocenters. The van der Waals surface area contributed by atoms with Crippen molar-refractivity contribution in [2.45, 2.75) is 26.2 Å². The molecule has 0 radical (unpaired) electrons. The molecule has 0 saturated heterocycles. The molecule has 0 aliphatic rings. The van der Waals surface area contributed by atoms with Crippen LogP contribution in [0.5, 0.6) is 0 Å². The minimum Gasteiger partial charge on any atom is -0.365 e. The molecule has 0 spiro atoms. The molecule has 1 aromatic heterocycles. The maximum Gasteiger partial charge on any atom is 0.181 e. The normalized spacial score (nSPS) is 13.2. The van der Waals surface area contributed by atoms with E-state index in [9.17, 15) is 5.11 Å². The van der Waals surface area contributed by atoms with Crippen LogP contribution in [0.15, 0.2) is 36.7 Å². The van der Waals surface area contributed by atoms with Crippen LogP contribution in [0.4, 0.5) is 0 Å². The van der Waals surface area contributed by atoms with Crippen LogP contribution in [0.3, 0.4) is 0 Å². The molecule has 1 N–H and O–H groups in total. The van der Waals surface area contributed by atoms with Gasteiger partial charge in [0.1, 0.15) is 6.33 Å². The Balaban J connectivity index is 2.08. The maximum absolute atomic E-state index is 9.55. The number of rotatable bonds is 5. The van der Waals surface area contributed by atoms with Gasteiger partial charge in [-0.25, -0.2) is 9.67 Å². The van der Waals surface area contributed by atoms with E-state index >= 15 is 0 Å². The zero-order valence-corrected chi connectivity index (χ0v) is 12.0. The van der Waals surface area contributed by atoms with Crippen LogP contribution in [-0.2, 0) is 4.74 Å². The van der Waals surface area contributed by atoms with Crippen LogP contribution in [0.2, 0.25) is 5.02 Å². The van der Waals surface area contributed by atoms with Crippen molar-refractivity contribution in [2.24, 2.45) is 0 Å². The molecule has 5 nitrogen and oxygen atoms in total. The molecule has 0 fully saturated rings.